The first-order valence-electron chi connectivity index (χ1n) is 9.55. The van der Waals surface area contributed by atoms with Crippen LogP contribution >= 0.6 is 0 Å². The Bertz CT molecular complexity index is 470. The van der Waals surface area contributed by atoms with Crippen molar-refractivity contribution in [2.24, 2.45) is 4.99 Å². The molecule has 4 heterocycles. The molecule has 0 aromatic rings. The Morgan fingerprint density at radius 1 is 1.16 bits per heavy atom. The van der Waals surface area contributed by atoms with Crippen molar-refractivity contribution in [2.75, 3.05) is 66.0 Å². The molecule has 4 fully saturated rings. The summed E-state index contributed by atoms with van der Waals surface area (Å²) < 4.78 is 5.07. The molecule has 0 radical (unpaired) electrons. The van der Waals surface area contributed by atoms with Gasteiger partial charge in [-0.15, -0.1) is 0 Å². The molecule has 4 aliphatic heterocycles. The lowest BCUT2D eigenvalue weighted by Crippen LogP contribution is -2.64. The van der Waals surface area contributed by atoms with Crippen molar-refractivity contribution in [3.05, 3.63) is 0 Å². The van der Waals surface area contributed by atoms with Gasteiger partial charge in [-0.1, -0.05) is 0 Å². The number of nitrogens with one attached hydrogen (secondary N) is 2. The maximum absolute atomic E-state index is 11.8. The summed E-state index contributed by atoms with van der Waals surface area (Å²) in [5, 5.41) is 7.00. The van der Waals surface area contributed by atoms with Gasteiger partial charge < -0.3 is 20.3 Å². The molecule has 8 heteroatoms. The number of guanidine groups is 1. The van der Waals surface area contributed by atoms with Gasteiger partial charge >= 0.3 is 6.09 Å². The number of nitrogens with zero attached hydrogens (tertiary/aromatic N) is 4. The summed E-state index contributed by atoms with van der Waals surface area (Å²) >= 11 is 0. The Morgan fingerprint density at radius 2 is 1.88 bits per heavy atom. The number of fused-ring (bicyclic) bond motifs is 3. The number of likely N-dealkylation sites (tertiary alicyclic amines) is 1. The summed E-state index contributed by atoms with van der Waals surface area (Å²) in [5.74, 6) is 0.868. The van der Waals surface area contributed by atoms with Crippen molar-refractivity contribution in [3.8, 4) is 0 Å². The second-order valence-corrected chi connectivity index (χ2v) is 7.05. The largest absolute Gasteiger partial charge is 0.450 e. The van der Waals surface area contributed by atoms with Crippen molar-refractivity contribution in [1.29, 1.82) is 0 Å². The van der Waals surface area contributed by atoms with E-state index >= 15 is 0 Å². The van der Waals surface area contributed by atoms with Gasteiger partial charge in [-0.25, -0.2) is 4.79 Å². The quantitative estimate of drug-likeness (QED) is 0.538. The van der Waals surface area contributed by atoms with Crippen LogP contribution in [0.2, 0.25) is 0 Å². The minimum atomic E-state index is -0.195. The fourth-order valence-electron chi connectivity index (χ4n) is 3.94. The van der Waals surface area contributed by atoms with Gasteiger partial charge in [0.2, 0.25) is 0 Å². The van der Waals surface area contributed by atoms with E-state index in [0.717, 1.165) is 45.0 Å². The highest BCUT2D eigenvalue weighted by Gasteiger charge is 2.31. The molecule has 142 valence electrons. The monoisotopic (exact) mass is 352 g/mol. The summed E-state index contributed by atoms with van der Waals surface area (Å²) in [5.41, 5.74) is 0. The molecule has 0 aliphatic carbocycles. The maximum Gasteiger partial charge on any atom is 0.409 e. The van der Waals surface area contributed by atoms with Crippen LogP contribution in [-0.2, 0) is 4.74 Å². The van der Waals surface area contributed by atoms with Crippen LogP contribution in [0, 0.1) is 0 Å². The van der Waals surface area contributed by atoms with Crippen LogP contribution < -0.4 is 10.6 Å². The molecule has 1 atom stereocenters. The Balaban J connectivity index is 1.39. The zero-order valence-electron chi connectivity index (χ0n) is 15.5. The number of ether oxygens (including phenoxy) is 1. The van der Waals surface area contributed by atoms with Gasteiger partial charge in [-0.05, 0) is 19.8 Å². The van der Waals surface area contributed by atoms with E-state index in [-0.39, 0.29) is 6.09 Å². The third-order valence-corrected chi connectivity index (χ3v) is 5.48. The average Bonchev–Trinajstić information content (AvgIpc) is 2.66. The van der Waals surface area contributed by atoms with Crippen molar-refractivity contribution in [2.45, 2.75) is 31.8 Å². The first-order valence-corrected chi connectivity index (χ1v) is 9.55. The highest BCUT2D eigenvalue weighted by molar-refractivity contribution is 5.80. The van der Waals surface area contributed by atoms with Gasteiger partial charge in [0, 0.05) is 71.5 Å². The SMILES string of the molecule is CCOC(=O)N1CCC(NC(=NC)NCC2CN3CCN2CC3)CC1. The molecule has 0 saturated carbocycles. The second kappa shape index (κ2) is 8.71. The summed E-state index contributed by atoms with van der Waals surface area (Å²) in [6, 6.07) is 0.926. The van der Waals surface area contributed by atoms with E-state index in [1.54, 1.807) is 4.90 Å². The third-order valence-electron chi connectivity index (χ3n) is 5.48. The first kappa shape index (κ1) is 18.3. The molecule has 1 amide bonds. The fourth-order valence-corrected chi connectivity index (χ4v) is 3.94. The second-order valence-electron chi connectivity index (χ2n) is 7.05. The Kier molecular flexibility index (Phi) is 6.36. The predicted octanol–water partition coefficient (Wildman–Crippen LogP) is -0.228. The highest BCUT2D eigenvalue weighted by atomic mass is 16.6. The van der Waals surface area contributed by atoms with Crippen LogP contribution in [0.4, 0.5) is 4.79 Å². The fraction of sp³-hybridized carbons (Fsp3) is 0.882. The topological polar surface area (TPSA) is 72.4 Å². The van der Waals surface area contributed by atoms with Crippen LogP contribution in [0.1, 0.15) is 19.8 Å². The van der Waals surface area contributed by atoms with Crippen LogP contribution in [-0.4, -0.2) is 105 Å². The van der Waals surface area contributed by atoms with Gasteiger partial charge in [0.05, 0.1) is 6.61 Å². The van der Waals surface area contributed by atoms with E-state index in [1.807, 2.05) is 14.0 Å². The molecular formula is C17H32N6O2. The maximum atomic E-state index is 11.8. The molecule has 2 N–H and O–H groups in total. The molecule has 4 rings (SSSR count). The Morgan fingerprint density at radius 3 is 2.44 bits per heavy atom. The van der Waals surface area contributed by atoms with E-state index in [9.17, 15) is 4.79 Å². The smallest absolute Gasteiger partial charge is 0.409 e. The molecule has 0 aromatic carbocycles. The molecule has 0 spiro atoms. The Hall–Kier alpha value is -1.54. The predicted molar refractivity (Wildman–Crippen MR) is 97.9 cm³/mol. The number of carbonyl (C=O) groups is 1. The van der Waals surface area contributed by atoms with Gasteiger partial charge in [0.1, 0.15) is 0 Å². The molecule has 4 aliphatic rings. The number of aliphatic imine (C=N–C) groups is 1. The lowest BCUT2D eigenvalue weighted by atomic mass is 10.1. The lowest BCUT2D eigenvalue weighted by Gasteiger charge is -2.47. The van der Waals surface area contributed by atoms with E-state index < -0.39 is 0 Å². The van der Waals surface area contributed by atoms with Crippen molar-refractivity contribution in [1.82, 2.24) is 25.3 Å². The van der Waals surface area contributed by atoms with Gasteiger partial charge in [0.25, 0.3) is 0 Å². The zero-order valence-corrected chi connectivity index (χ0v) is 15.5. The van der Waals surface area contributed by atoms with Gasteiger partial charge in [-0.2, -0.15) is 0 Å². The molecule has 8 nitrogen and oxygen atoms in total. The average molecular weight is 352 g/mol. The molecule has 2 bridgehead atoms. The first-order chi connectivity index (χ1) is 12.2. The number of carbonyl (C=O) groups excluding carboxylic acids is 1. The summed E-state index contributed by atoms with van der Waals surface area (Å²) in [6.45, 7) is 10.6. The Labute approximate surface area is 150 Å². The molecule has 4 saturated heterocycles. The zero-order chi connectivity index (χ0) is 17.6. The van der Waals surface area contributed by atoms with Crippen molar-refractivity contribution < 1.29 is 9.53 Å². The van der Waals surface area contributed by atoms with E-state index in [1.165, 1.54) is 26.2 Å². The molecule has 25 heavy (non-hydrogen) atoms. The van der Waals surface area contributed by atoms with E-state index in [2.05, 4.69) is 25.4 Å². The number of hydrogen-bond donors (Lipinski definition) is 2. The number of hydrogen-bond acceptors (Lipinski definition) is 5. The molecule has 0 aromatic heterocycles. The highest BCUT2D eigenvalue weighted by Crippen LogP contribution is 2.15. The van der Waals surface area contributed by atoms with Gasteiger partial charge in [0.15, 0.2) is 5.96 Å². The summed E-state index contributed by atoms with van der Waals surface area (Å²) in [7, 11) is 1.82. The number of piperazine rings is 3. The summed E-state index contributed by atoms with van der Waals surface area (Å²) in [4.78, 5) is 23.1. The van der Waals surface area contributed by atoms with Crippen molar-refractivity contribution in [3.63, 3.8) is 0 Å². The third kappa shape index (κ3) is 4.76. The standard InChI is InChI=1S/C17H32N6O2/c1-3-25-17(24)23-6-4-14(5-7-23)20-16(18-2)19-12-15-13-21-8-10-22(15)11-9-21/h14-15H,3-13H2,1-2H3,(H2,18,19,20). The molecule has 1 unspecified atom stereocenters. The minimum absolute atomic E-state index is 0.195. The van der Waals surface area contributed by atoms with Crippen LogP contribution in [0.25, 0.3) is 0 Å². The van der Waals surface area contributed by atoms with Crippen LogP contribution in [0.15, 0.2) is 4.99 Å². The minimum Gasteiger partial charge on any atom is -0.450 e. The van der Waals surface area contributed by atoms with E-state index in [0.29, 0.717) is 18.7 Å². The summed E-state index contributed by atoms with van der Waals surface area (Å²) in [6.07, 6.45) is 1.64. The van der Waals surface area contributed by atoms with Crippen molar-refractivity contribution >= 4 is 12.1 Å². The van der Waals surface area contributed by atoms with E-state index in [4.69, 9.17) is 4.74 Å². The van der Waals surface area contributed by atoms with Gasteiger partial charge in [-0.3, -0.25) is 14.8 Å². The number of amides is 1. The lowest BCUT2D eigenvalue weighted by molar-refractivity contribution is 0.0154. The normalized spacial score (nSPS) is 30.2. The molecular weight excluding hydrogens is 320 g/mol. The number of rotatable bonds is 4. The van der Waals surface area contributed by atoms with Crippen LogP contribution in [0.5, 0.6) is 0 Å². The number of piperidine rings is 1. The van der Waals surface area contributed by atoms with Crippen LogP contribution in [0.3, 0.4) is 0 Å².